The molecule has 4 rings (SSSR count). The number of hydrogen-bond donors (Lipinski definition) is 3. The van der Waals surface area contributed by atoms with E-state index in [2.05, 4.69) is 34.9 Å². The van der Waals surface area contributed by atoms with E-state index in [1.165, 1.54) is 11.1 Å². The fourth-order valence-corrected chi connectivity index (χ4v) is 5.46. The zero-order valence-electron chi connectivity index (χ0n) is 20.4. The number of nitrogens with one attached hydrogen (secondary N) is 2. The van der Waals surface area contributed by atoms with Gasteiger partial charge in [0.1, 0.15) is 6.61 Å². The first kappa shape index (κ1) is 24.8. The first-order chi connectivity index (χ1) is 16.7. The van der Waals surface area contributed by atoms with Gasteiger partial charge in [0.15, 0.2) is 0 Å². The Balaban J connectivity index is 1.37. The molecule has 0 aromatic heterocycles. The van der Waals surface area contributed by atoms with Gasteiger partial charge in [-0.3, -0.25) is 9.59 Å². The average molecular weight is 479 g/mol. The highest BCUT2D eigenvalue weighted by atomic mass is 16.5. The number of aliphatic carboxylic acids is 1. The molecule has 35 heavy (non-hydrogen) atoms. The molecule has 2 amide bonds. The maximum absolute atomic E-state index is 12.9. The highest BCUT2D eigenvalue weighted by Crippen LogP contribution is 2.44. The van der Waals surface area contributed by atoms with Crippen LogP contribution in [0.4, 0.5) is 4.79 Å². The lowest BCUT2D eigenvalue weighted by Gasteiger charge is -2.32. The van der Waals surface area contributed by atoms with Crippen LogP contribution in [-0.4, -0.2) is 40.8 Å². The molecule has 0 heterocycles. The van der Waals surface area contributed by atoms with E-state index in [0.717, 1.165) is 24.0 Å². The molecule has 0 saturated heterocycles. The van der Waals surface area contributed by atoms with Gasteiger partial charge in [0, 0.05) is 24.3 Å². The molecule has 0 spiro atoms. The van der Waals surface area contributed by atoms with Gasteiger partial charge in [0.25, 0.3) is 0 Å². The van der Waals surface area contributed by atoms with E-state index in [9.17, 15) is 14.4 Å². The molecule has 2 aliphatic carbocycles. The second kappa shape index (κ2) is 10.1. The van der Waals surface area contributed by atoms with Crippen LogP contribution in [-0.2, 0) is 14.3 Å². The van der Waals surface area contributed by atoms with Crippen molar-refractivity contribution < 1.29 is 24.2 Å². The molecule has 0 aliphatic heterocycles. The van der Waals surface area contributed by atoms with Crippen molar-refractivity contribution >= 4 is 18.0 Å². The smallest absolute Gasteiger partial charge is 0.407 e. The first-order valence-corrected chi connectivity index (χ1v) is 12.3. The molecule has 7 heteroatoms. The van der Waals surface area contributed by atoms with Gasteiger partial charge in [0.2, 0.25) is 5.91 Å². The van der Waals surface area contributed by atoms with Crippen LogP contribution >= 0.6 is 0 Å². The van der Waals surface area contributed by atoms with Crippen LogP contribution in [0.3, 0.4) is 0 Å². The highest BCUT2D eigenvalue weighted by molar-refractivity contribution is 5.80. The van der Waals surface area contributed by atoms with Crippen LogP contribution in [0.1, 0.15) is 75.8 Å². The van der Waals surface area contributed by atoms with Crippen molar-refractivity contribution in [1.82, 2.24) is 10.6 Å². The van der Waals surface area contributed by atoms with Crippen molar-refractivity contribution in [2.45, 2.75) is 75.8 Å². The Bertz CT molecular complexity index is 1060. The fourth-order valence-electron chi connectivity index (χ4n) is 5.46. The highest BCUT2D eigenvalue weighted by Gasteiger charge is 2.39. The van der Waals surface area contributed by atoms with Gasteiger partial charge >= 0.3 is 12.1 Å². The zero-order valence-corrected chi connectivity index (χ0v) is 20.4. The topological polar surface area (TPSA) is 105 Å². The molecular weight excluding hydrogens is 444 g/mol. The molecule has 2 aliphatic rings. The Morgan fingerprint density at radius 1 is 1.00 bits per heavy atom. The van der Waals surface area contributed by atoms with Crippen LogP contribution in [0.25, 0.3) is 11.1 Å². The third-order valence-electron chi connectivity index (χ3n) is 7.21. The van der Waals surface area contributed by atoms with Gasteiger partial charge in [0.05, 0.1) is 5.54 Å². The fraction of sp³-hybridized carbons (Fsp3) is 0.464. The zero-order chi connectivity index (χ0) is 25.1. The Morgan fingerprint density at radius 3 is 2.14 bits per heavy atom. The maximum atomic E-state index is 12.9. The van der Waals surface area contributed by atoms with Crippen molar-refractivity contribution in [2.24, 2.45) is 0 Å². The molecule has 1 fully saturated rings. The number of hydrogen-bond acceptors (Lipinski definition) is 4. The monoisotopic (exact) mass is 478 g/mol. The Kier molecular flexibility index (Phi) is 7.15. The third kappa shape index (κ3) is 5.84. The molecule has 3 N–H and O–H groups in total. The number of carbonyl (C=O) groups is 3. The van der Waals surface area contributed by atoms with Crippen molar-refractivity contribution in [2.75, 3.05) is 6.61 Å². The van der Waals surface area contributed by atoms with E-state index < -0.39 is 23.1 Å². The number of carbonyl (C=O) groups excluding carboxylic acids is 2. The minimum Gasteiger partial charge on any atom is -0.481 e. The van der Waals surface area contributed by atoms with E-state index in [0.29, 0.717) is 19.3 Å². The van der Waals surface area contributed by atoms with Gasteiger partial charge in [-0.2, -0.15) is 0 Å². The van der Waals surface area contributed by atoms with Crippen LogP contribution in [0.15, 0.2) is 48.5 Å². The van der Waals surface area contributed by atoms with Gasteiger partial charge < -0.3 is 20.5 Å². The lowest BCUT2D eigenvalue weighted by atomic mass is 9.91. The standard InChI is InChI=1S/C28H34N2O5/c1-27(2,16-13-25(32)33)29-24(31)17-28(14-7-8-15-28)30-26(34)35-18-23-21-11-5-3-9-19(21)20-10-4-6-12-22(20)23/h3-6,9-12,23H,7-8,13-18H2,1-2H3,(H,29,31)(H,30,34)(H,32,33). The summed E-state index contributed by atoms with van der Waals surface area (Å²) in [6.45, 7) is 3.85. The summed E-state index contributed by atoms with van der Waals surface area (Å²) in [7, 11) is 0. The second-order valence-electron chi connectivity index (χ2n) is 10.4. The number of carboxylic acid groups (broad SMARTS) is 1. The van der Waals surface area contributed by atoms with Crippen molar-refractivity contribution in [3.8, 4) is 11.1 Å². The summed E-state index contributed by atoms with van der Waals surface area (Å²) >= 11 is 0. The SMILES string of the molecule is CC(C)(CCC(=O)O)NC(=O)CC1(NC(=O)OCC2c3ccccc3-c3ccccc32)CCCC1. The van der Waals surface area contributed by atoms with E-state index in [-0.39, 0.29) is 31.3 Å². The molecule has 186 valence electrons. The Labute approximate surface area is 206 Å². The van der Waals surface area contributed by atoms with Crippen molar-refractivity contribution in [1.29, 1.82) is 0 Å². The molecule has 1 saturated carbocycles. The number of ether oxygens (including phenoxy) is 1. The number of fused-ring (bicyclic) bond motifs is 3. The lowest BCUT2D eigenvalue weighted by Crippen LogP contribution is -2.52. The van der Waals surface area contributed by atoms with Gasteiger partial charge in [-0.05, 0) is 55.4 Å². The van der Waals surface area contributed by atoms with E-state index in [1.807, 2.05) is 38.1 Å². The number of benzene rings is 2. The number of rotatable bonds is 9. The molecular formula is C28H34N2O5. The van der Waals surface area contributed by atoms with Gasteiger partial charge in [-0.15, -0.1) is 0 Å². The summed E-state index contributed by atoms with van der Waals surface area (Å²) in [5.41, 5.74) is 3.37. The second-order valence-corrected chi connectivity index (χ2v) is 10.4. The minimum atomic E-state index is -0.892. The number of amides is 2. The van der Waals surface area contributed by atoms with Gasteiger partial charge in [-0.1, -0.05) is 61.4 Å². The summed E-state index contributed by atoms with van der Waals surface area (Å²) < 4.78 is 5.73. The molecule has 2 aromatic rings. The van der Waals surface area contributed by atoms with E-state index in [1.54, 1.807) is 0 Å². The molecule has 0 bridgehead atoms. The van der Waals surface area contributed by atoms with Crippen LogP contribution in [0.2, 0.25) is 0 Å². The van der Waals surface area contributed by atoms with Crippen LogP contribution in [0, 0.1) is 0 Å². The molecule has 2 aromatic carbocycles. The van der Waals surface area contributed by atoms with Crippen molar-refractivity contribution in [3.63, 3.8) is 0 Å². The van der Waals surface area contributed by atoms with E-state index >= 15 is 0 Å². The summed E-state index contributed by atoms with van der Waals surface area (Å²) in [6.07, 6.45) is 3.23. The molecule has 7 nitrogen and oxygen atoms in total. The normalized spacial score (nSPS) is 16.3. The number of carboxylic acids is 1. The summed E-state index contributed by atoms with van der Waals surface area (Å²) in [5, 5.41) is 14.9. The molecule has 0 radical (unpaired) electrons. The predicted molar refractivity (Wildman–Crippen MR) is 133 cm³/mol. The largest absolute Gasteiger partial charge is 0.481 e. The lowest BCUT2D eigenvalue weighted by molar-refractivity contribution is -0.138. The summed E-state index contributed by atoms with van der Waals surface area (Å²) in [4.78, 5) is 36.6. The Hall–Kier alpha value is -3.35. The van der Waals surface area contributed by atoms with Crippen LogP contribution < -0.4 is 10.6 Å². The third-order valence-corrected chi connectivity index (χ3v) is 7.21. The van der Waals surface area contributed by atoms with E-state index in [4.69, 9.17) is 9.84 Å². The average Bonchev–Trinajstić information content (AvgIpc) is 3.38. The molecule has 0 atom stereocenters. The molecule has 0 unspecified atom stereocenters. The van der Waals surface area contributed by atoms with Crippen molar-refractivity contribution in [3.05, 3.63) is 59.7 Å². The quantitative estimate of drug-likeness (QED) is 0.471. The maximum Gasteiger partial charge on any atom is 0.407 e. The summed E-state index contributed by atoms with van der Waals surface area (Å²) in [5.74, 6) is -1.11. The van der Waals surface area contributed by atoms with Crippen LogP contribution in [0.5, 0.6) is 0 Å². The minimum absolute atomic E-state index is 0.0174. The van der Waals surface area contributed by atoms with Gasteiger partial charge in [-0.25, -0.2) is 4.79 Å². The summed E-state index contributed by atoms with van der Waals surface area (Å²) in [6, 6.07) is 16.4. The number of alkyl carbamates (subject to hydrolysis) is 1. The first-order valence-electron chi connectivity index (χ1n) is 12.3. The Morgan fingerprint density at radius 2 is 1.57 bits per heavy atom. The predicted octanol–water partition coefficient (Wildman–Crippen LogP) is 4.99.